The van der Waals surface area contributed by atoms with Crippen molar-refractivity contribution in [3.63, 3.8) is 0 Å². The van der Waals surface area contributed by atoms with Gasteiger partial charge in [-0.1, -0.05) is 18.2 Å². The van der Waals surface area contributed by atoms with E-state index in [0.717, 1.165) is 0 Å². The third kappa shape index (κ3) is 3.67. The SMILES string of the molecule is NCCOc1cnn(Cc2ccccc2C(N)=O)c(=O)c1. The van der Waals surface area contributed by atoms with E-state index in [1.54, 1.807) is 24.3 Å². The first kappa shape index (κ1) is 14.7. The van der Waals surface area contributed by atoms with Crippen LogP contribution in [0, 0.1) is 0 Å². The smallest absolute Gasteiger partial charge is 0.270 e. The standard InChI is InChI=1S/C14H16N4O3/c15-5-6-21-11-7-13(19)18(17-8-11)9-10-3-1-2-4-12(10)14(16)20/h1-4,7-8H,5-6,9,15H2,(H2,16,20). The Morgan fingerprint density at radius 1 is 1.33 bits per heavy atom. The van der Waals surface area contributed by atoms with Crippen LogP contribution >= 0.6 is 0 Å². The van der Waals surface area contributed by atoms with E-state index in [1.165, 1.54) is 16.9 Å². The average molecular weight is 288 g/mol. The van der Waals surface area contributed by atoms with Crippen molar-refractivity contribution in [2.24, 2.45) is 11.5 Å². The number of aromatic nitrogens is 2. The molecule has 0 aliphatic carbocycles. The lowest BCUT2D eigenvalue weighted by Crippen LogP contribution is -2.24. The fourth-order valence-electron chi connectivity index (χ4n) is 1.85. The van der Waals surface area contributed by atoms with Crippen molar-refractivity contribution in [3.8, 4) is 5.75 Å². The number of benzene rings is 1. The van der Waals surface area contributed by atoms with Gasteiger partial charge in [0, 0.05) is 18.2 Å². The number of amides is 1. The van der Waals surface area contributed by atoms with Crippen LogP contribution in [-0.4, -0.2) is 28.8 Å². The summed E-state index contributed by atoms with van der Waals surface area (Å²) in [6.07, 6.45) is 1.43. The number of carbonyl (C=O) groups excluding carboxylic acids is 1. The van der Waals surface area contributed by atoms with Crippen LogP contribution in [0.3, 0.4) is 0 Å². The summed E-state index contributed by atoms with van der Waals surface area (Å²) in [6, 6.07) is 8.15. The van der Waals surface area contributed by atoms with Crippen molar-refractivity contribution in [1.82, 2.24) is 9.78 Å². The van der Waals surface area contributed by atoms with E-state index in [1.807, 2.05) is 0 Å². The zero-order valence-electron chi connectivity index (χ0n) is 11.4. The first-order valence-electron chi connectivity index (χ1n) is 6.39. The Bertz CT molecular complexity index is 697. The predicted molar refractivity (Wildman–Crippen MR) is 77.1 cm³/mol. The second-order valence-corrected chi connectivity index (χ2v) is 4.35. The van der Waals surface area contributed by atoms with Crippen LogP contribution in [0.4, 0.5) is 0 Å². The highest BCUT2D eigenvalue weighted by molar-refractivity contribution is 5.94. The van der Waals surface area contributed by atoms with E-state index < -0.39 is 5.91 Å². The number of nitrogens with two attached hydrogens (primary N) is 2. The molecular formula is C14H16N4O3. The van der Waals surface area contributed by atoms with Crippen molar-refractivity contribution in [3.05, 3.63) is 58.0 Å². The van der Waals surface area contributed by atoms with Crippen LogP contribution in [0.1, 0.15) is 15.9 Å². The minimum Gasteiger partial charge on any atom is -0.490 e. The minimum atomic E-state index is -0.540. The molecule has 0 spiro atoms. The van der Waals surface area contributed by atoms with E-state index in [2.05, 4.69) is 5.10 Å². The fraction of sp³-hybridized carbons (Fsp3) is 0.214. The molecule has 0 bridgehead atoms. The second-order valence-electron chi connectivity index (χ2n) is 4.35. The summed E-state index contributed by atoms with van der Waals surface area (Å²) in [7, 11) is 0. The largest absolute Gasteiger partial charge is 0.490 e. The number of ether oxygens (including phenoxy) is 1. The van der Waals surface area contributed by atoms with Crippen LogP contribution < -0.4 is 21.8 Å². The third-order valence-electron chi connectivity index (χ3n) is 2.83. The van der Waals surface area contributed by atoms with Gasteiger partial charge in [0.05, 0.1) is 12.7 Å². The molecule has 0 unspecified atom stereocenters. The van der Waals surface area contributed by atoms with Crippen LogP contribution in [0.15, 0.2) is 41.3 Å². The second kappa shape index (κ2) is 6.67. The summed E-state index contributed by atoms with van der Waals surface area (Å²) in [4.78, 5) is 23.3. The topological polar surface area (TPSA) is 113 Å². The van der Waals surface area contributed by atoms with Crippen molar-refractivity contribution in [2.75, 3.05) is 13.2 Å². The van der Waals surface area contributed by atoms with Gasteiger partial charge in [0.25, 0.3) is 5.56 Å². The Hall–Kier alpha value is -2.67. The van der Waals surface area contributed by atoms with Crippen molar-refractivity contribution in [1.29, 1.82) is 0 Å². The molecule has 2 aromatic rings. The highest BCUT2D eigenvalue weighted by Crippen LogP contribution is 2.09. The van der Waals surface area contributed by atoms with E-state index in [0.29, 0.717) is 30.0 Å². The lowest BCUT2D eigenvalue weighted by Gasteiger charge is -2.09. The van der Waals surface area contributed by atoms with Crippen LogP contribution in [0.5, 0.6) is 5.75 Å². The summed E-state index contributed by atoms with van der Waals surface area (Å²) in [5.41, 5.74) is 11.3. The summed E-state index contributed by atoms with van der Waals surface area (Å²) >= 11 is 0. The minimum absolute atomic E-state index is 0.162. The van der Waals surface area contributed by atoms with Gasteiger partial charge in [-0.05, 0) is 11.6 Å². The van der Waals surface area contributed by atoms with Crippen LogP contribution in [0.2, 0.25) is 0 Å². The first-order valence-corrected chi connectivity index (χ1v) is 6.39. The molecule has 0 aliphatic rings. The number of nitrogens with zero attached hydrogens (tertiary/aromatic N) is 2. The van der Waals surface area contributed by atoms with Crippen LogP contribution in [0.25, 0.3) is 0 Å². The molecule has 0 fully saturated rings. The lowest BCUT2D eigenvalue weighted by molar-refractivity contribution is 0.0999. The highest BCUT2D eigenvalue weighted by atomic mass is 16.5. The van der Waals surface area contributed by atoms with Gasteiger partial charge in [-0.15, -0.1) is 0 Å². The van der Waals surface area contributed by atoms with Gasteiger partial charge in [-0.2, -0.15) is 5.10 Å². The number of carbonyl (C=O) groups is 1. The van der Waals surface area contributed by atoms with Gasteiger partial charge >= 0.3 is 0 Å². The quantitative estimate of drug-likeness (QED) is 0.759. The molecule has 2 rings (SSSR count). The monoisotopic (exact) mass is 288 g/mol. The molecule has 4 N–H and O–H groups in total. The van der Waals surface area contributed by atoms with Gasteiger partial charge in [0.15, 0.2) is 0 Å². The Balaban J connectivity index is 2.24. The Labute approximate surface area is 121 Å². The molecule has 110 valence electrons. The van der Waals surface area contributed by atoms with E-state index in [9.17, 15) is 9.59 Å². The highest BCUT2D eigenvalue weighted by Gasteiger charge is 2.09. The van der Waals surface area contributed by atoms with Gasteiger partial charge in [-0.25, -0.2) is 4.68 Å². The normalized spacial score (nSPS) is 10.3. The fourth-order valence-corrected chi connectivity index (χ4v) is 1.85. The Morgan fingerprint density at radius 2 is 2.10 bits per heavy atom. The maximum absolute atomic E-state index is 12.0. The molecule has 0 aliphatic heterocycles. The molecule has 0 radical (unpaired) electrons. The summed E-state index contributed by atoms with van der Waals surface area (Å²) < 4.78 is 6.46. The average Bonchev–Trinajstić information content (AvgIpc) is 2.48. The molecule has 1 heterocycles. The lowest BCUT2D eigenvalue weighted by atomic mass is 10.1. The maximum Gasteiger partial charge on any atom is 0.270 e. The maximum atomic E-state index is 12.0. The van der Waals surface area contributed by atoms with Gasteiger partial charge in [-0.3, -0.25) is 9.59 Å². The molecule has 7 heteroatoms. The Morgan fingerprint density at radius 3 is 2.76 bits per heavy atom. The molecule has 1 aromatic carbocycles. The van der Waals surface area contributed by atoms with Crippen LogP contribution in [-0.2, 0) is 6.54 Å². The van der Waals surface area contributed by atoms with Crippen molar-refractivity contribution < 1.29 is 9.53 Å². The van der Waals surface area contributed by atoms with Gasteiger partial charge in [0.2, 0.25) is 5.91 Å². The van der Waals surface area contributed by atoms with Crippen molar-refractivity contribution in [2.45, 2.75) is 6.54 Å². The predicted octanol–water partition coefficient (Wildman–Crippen LogP) is -0.272. The zero-order chi connectivity index (χ0) is 15.2. The molecule has 0 saturated carbocycles. The molecule has 1 amide bonds. The summed E-state index contributed by atoms with van der Waals surface area (Å²) in [6.45, 7) is 0.833. The Kier molecular flexibility index (Phi) is 4.68. The molecule has 7 nitrogen and oxygen atoms in total. The summed E-state index contributed by atoms with van der Waals surface area (Å²) in [5, 5.41) is 4.01. The van der Waals surface area contributed by atoms with Gasteiger partial charge < -0.3 is 16.2 Å². The number of primary amides is 1. The van der Waals surface area contributed by atoms with E-state index in [4.69, 9.17) is 16.2 Å². The molecule has 0 saturated heterocycles. The van der Waals surface area contributed by atoms with E-state index >= 15 is 0 Å². The molecule has 21 heavy (non-hydrogen) atoms. The summed E-state index contributed by atoms with van der Waals surface area (Å²) in [5.74, 6) is -0.175. The molecular weight excluding hydrogens is 272 g/mol. The van der Waals surface area contributed by atoms with Crippen molar-refractivity contribution >= 4 is 5.91 Å². The third-order valence-corrected chi connectivity index (χ3v) is 2.83. The van der Waals surface area contributed by atoms with E-state index in [-0.39, 0.29) is 12.1 Å². The number of hydrogen-bond acceptors (Lipinski definition) is 5. The number of hydrogen-bond donors (Lipinski definition) is 2. The zero-order valence-corrected chi connectivity index (χ0v) is 11.4. The molecule has 0 atom stereocenters. The molecule has 1 aromatic heterocycles. The number of rotatable bonds is 6. The van der Waals surface area contributed by atoms with Gasteiger partial charge in [0.1, 0.15) is 12.4 Å². The first-order chi connectivity index (χ1) is 10.1.